The largest absolute Gasteiger partial charge is 0.453 e. The number of anilines is 1. The number of aromatic nitrogens is 1. The van der Waals surface area contributed by atoms with E-state index in [2.05, 4.69) is 11.4 Å². The molecule has 4 aromatic rings. The molecule has 3 heterocycles. The van der Waals surface area contributed by atoms with Crippen molar-refractivity contribution in [1.29, 1.82) is 0 Å². The molecule has 0 unspecified atom stereocenters. The summed E-state index contributed by atoms with van der Waals surface area (Å²) in [5.74, 6) is -0.147. The Labute approximate surface area is 203 Å². The predicted octanol–water partition coefficient (Wildman–Crippen LogP) is 6.12. The summed E-state index contributed by atoms with van der Waals surface area (Å²) in [7, 11) is 1.40. The van der Waals surface area contributed by atoms with Crippen LogP contribution in [0.25, 0.3) is 20.8 Å². The normalized spacial score (nSPS) is 13.1. The number of methoxy groups -OCH3 is 1. The Hall–Kier alpha value is -2.88. The van der Waals surface area contributed by atoms with Gasteiger partial charge in [0, 0.05) is 21.9 Å². The maximum absolute atomic E-state index is 13.3. The molecule has 5 rings (SSSR count). The number of amides is 2. The van der Waals surface area contributed by atoms with E-state index in [4.69, 9.17) is 9.72 Å². The van der Waals surface area contributed by atoms with E-state index < -0.39 is 0 Å². The second-order valence-corrected chi connectivity index (χ2v) is 10.5. The van der Waals surface area contributed by atoms with E-state index in [0.717, 1.165) is 41.1 Å². The van der Waals surface area contributed by atoms with Gasteiger partial charge in [-0.25, -0.2) is 9.78 Å². The Morgan fingerprint density at radius 3 is 2.70 bits per heavy atom. The van der Waals surface area contributed by atoms with E-state index >= 15 is 0 Å². The molecule has 0 aliphatic carbocycles. The quantitative estimate of drug-likeness (QED) is 0.345. The number of thiazole rings is 1. The van der Waals surface area contributed by atoms with Gasteiger partial charge in [-0.1, -0.05) is 24.3 Å². The smallest absolute Gasteiger partial charge is 0.409 e. The number of carbonyl (C=O) groups excluding carboxylic acids is 2. The lowest BCUT2D eigenvalue weighted by Gasteiger charge is -2.25. The number of benzene rings is 2. The third kappa shape index (κ3) is 4.12. The van der Waals surface area contributed by atoms with Gasteiger partial charge in [0.15, 0.2) is 0 Å². The third-order valence-corrected chi connectivity index (χ3v) is 8.56. The molecule has 168 valence electrons. The first-order chi connectivity index (χ1) is 16.1. The Morgan fingerprint density at radius 2 is 1.91 bits per heavy atom. The SMILES string of the molecule is COC(=O)N1CCc2c(sc(NC(=O)c3ccccc3SC)c2-c2nc3ccccc3s2)C1. The molecule has 2 aromatic carbocycles. The van der Waals surface area contributed by atoms with Gasteiger partial charge < -0.3 is 15.0 Å². The van der Waals surface area contributed by atoms with Crippen LogP contribution in [0.4, 0.5) is 9.80 Å². The zero-order chi connectivity index (χ0) is 22.9. The van der Waals surface area contributed by atoms with E-state index in [9.17, 15) is 9.59 Å². The van der Waals surface area contributed by atoms with Crippen molar-refractivity contribution in [2.45, 2.75) is 17.9 Å². The number of nitrogens with one attached hydrogen (secondary N) is 1. The summed E-state index contributed by atoms with van der Waals surface area (Å²) in [4.78, 5) is 33.9. The summed E-state index contributed by atoms with van der Waals surface area (Å²) in [6.45, 7) is 1.03. The van der Waals surface area contributed by atoms with Gasteiger partial charge in [0.25, 0.3) is 5.91 Å². The highest BCUT2D eigenvalue weighted by Gasteiger charge is 2.30. The van der Waals surface area contributed by atoms with Crippen LogP contribution in [0.15, 0.2) is 53.4 Å². The first-order valence-corrected chi connectivity index (χ1v) is 13.2. The van der Waals surface area contributed by atoms with Crippen LogP contribution in [0.5, 0.6) is 0 Å². The van der Waals surface area contributed by atoms with Crippen molar-refractivity contribution in [3.8, 4) is 10.6 Å². The Balaban J connectivity index is 1.58. The van der Waals surface area contributed by atoms with Crippen molar-refractivity contribution in [2.24, 2.45) is 0 Å². The fraction of sp³-hybridized carbons (Fsp3) is 0.208. The summed E-state index contributed by atoms with van der Waals surface area (Å²) in [6, 6.07) is 15.6. The lowest BCUT2D eigenvalue weighted by Crippen LogP contribution is -2.35. The van der Waals surface area contributed by atoms with E-state index in [0.29, 0.717) is 25.1 Å². The van der Waals surface area contributed by atoms with E-state index in [1.165, 1.54) is 18.4 Å². The number of carbonyl (C=O) groups is 2. The summed E-state index contributed by atoms with van der Waals surface area (Å²) in [5.41, 5.74) is 3.70. The van der Waals surface area contributed by atoms with E-state index in [-0.39, 0.29) is 12.0 Å². The molecule has 0 spiro atoms. The first kappa shape index (κ1) is 21.9. The number of rotatable bonds is 4. The molecule has 0 atom stereocenters. The molecule has 0 radical (unpaired) electrons. The number of ether oxygens (including phenoxy) is 1. The maximum Gasteiger partial charge on any atom is 0.409 e. The Morgan fingerprint density at radius 1 is 1.12 bits per heavy atom. The molecular weight excluding hydrogens is 474 g/mol. The molecule has 2 amide bonds. The minimum absolute atomic E-state index is 0.147. The van der Waals surface area contributed by atoms with Crippen LogP contribution in [0, 0.1) is 0 Å². The van der Waals surface area contributed by atoms with Gasteiger partial charge in [0.2, 0.25) is 0 Å². The molecule has 1 N–H and O–H groups in total. The maximum atomic E-state index is 13.3. The van der Waals surface area contributed by atoms with E-state index in [1.54, 1.807) is 28.0 Å². The van der Waals surface area contributed by atoms with Gasteiger partial charge in [-0.2, -0.15) is 0 Å². The second-order valence-electron chi connectivity index (χ2n) is 7.49. The fourth-order valence-corrected chi connectivity index (χ4v) is 6.95. The molecule has 0 fully saturated rings. The molecule has 1 aliphatic heterocycles. The van der Waals surface area contributed by atoms with Crippen molar-refractivity contribution in [3.05, 3.63) is 64.5 Å². The number of para-hydroxylation sites is 1. The Bertz CT molecular complexity index is 1330. The summed E-state index contributed by atoms with van der Waals surface area (Å²) < 4.78 is 6.02. The highest BCUT2D eigenvalue weighted by atomic mass is 32.2. The zero-order valence-corrected chi connectivity index (χ0v) is 20.5. The van der Waals surface area contributed by atoms with Crippen LogP contribution in [0.1, 0.15) is 20.8 Å². The fourth-order valence-electron chi connectivity index (χ4n) is 3.98. The van der Waals surface area contributed by atoms with Gasteiger partial charge in [-0.3, -0.25) is 4.79 Å². The van der Waals surface area contributed by atoms with Crippen molar-refractivity contribution in [3.63, 3.8) is 0 Å². The molecule has 33 heavy (non-hydrogen) atoms. The number of nitrogens with zero attached hydrogens (tertiary/aromatic N) is 2. The first-order valence-electron chi connectivity index (χ1n) is 10.4. The molecule has 9 heteroatoms. The number of fused-ring (bicyclic) bond motifs is 2. The lowest BCUT2D eigenvalue weighted by atomic mass is 10.0. The van der Waals surface area contributed by atoms with Gasteiger partial charge in [-0.05, 0) is 42.5 Å². The number of hydrogen-bond donors (Lipinski definition) is 1. The summed E-state index contributed by atoms with van der Waals surface area (Å²) >= 11 is 4.68. The van der Waals surface area contributed by atoms with Crippen LogP contribution in [0.2, 0.25) is 0 Å². The molecule has 6 nitrogen and oxygen atoms in total. The molecule has 0 saturated heterocycles. The second kappa shape index (κ2) is 9.17. The average molecular weight is 496 g/mol. The van der Waals surface area contributed by atoms with Crippen LogP contribution in [0.3, 0.4) is 0 Å². The van der Waals surface area contributed by atoms with Crippen molar-refractivity contribution >= 4 is 61.7 Å². The molecular formula is C24H21N3O3S3. The van der Waals surface area contributed by atoms with Gasteiger partial charge >= 0.3 is 6.09 Å². The molecule has 2 aromatic heterocycles. The summed E-state index contributed by atoms with van der Waals surface area (Å²) in [6.07, 6.45) is 2.31. The molecule has 0 bridgehead atoms. The standard InChI is InChI=1S/C24H21N3O3S3/c1-30-24(29)27-12-11-14-19(13-27)33-23(26-21(28)15-7-3-5-9-17(15)31-2)20(14)22-25-16-8-4-6-10-18(16)32-22/h3-10H,11-13H2,1-2H3,(H,26,28). The number of thioether (sulfide) groups is 1. The number of hydrogen-bond acceptors (Lipinski definition) is 7. The van der Waals surface area contributed by atoms with Crippen LogP contribution in [-0.2, 0) is 17.7 Å². The Kier molecular flexibility index (Phi) is 6.09. The van der Waals surface area contributed by atoms with Gasteiger partial charge in [-0.15, -0.1) is 34.4 Å². The molecule has 1 aliphatic rings. The lowest BCUT2D eigenvalue weighted by molar-refractivity contribution is 0.102. The predicted molar refractivity (Wildman–Crippen MR) is 136 cm³/mol. The van der Waals surface area contributed by atoms with E-state index in [1.807, 2.05) is 48.7 Å². The van der Waals surface area contributed by atoms with Gasteiger partial charge in [0.1, 0.15) is 10.0 Å². The molecule has 0 saturated carbocycles. The van der Waals surface area contributed by atoms with Crippen LogP contribution < -0.4 is 5.32 Å². The minimum Gasteiger partial charge on any atom is -0.453 e. The third-order valence-electron chi connectivity index (χ3n) is 5.58. The highest BCUT2D eigenvalue weighted by molar-refractivity contribution is 7.98. The number of thiophene rings is 1. The summed E-state index contributed by atoms with van der Waals surface area (Å²) in [5, 5.41) is 4.81. The van der Waals surface area contributed by atoms with Crippen LogP contribution >= 0.6 is 34.4 Å². The zero-order valence-electron chi connectivity index (χ0n) is 18.1. The minimum atomic E-state index is -0.338. The van der Waals surface area contributed by atoms with Crippen molar-refractivity contribution < 1.29 is 14.3 Å². The highest BCUT2D eigenvalue weighted by Crippen LogP contribution is 2.46. The monoisotopic (exact) mass is 495 g/mol. The average Bonchev–Trinajstić information content (AvgIpc) is 3.43. The van der Waals surface area contributed by atoms with Gasteiger partial charge in [0.05, 0.1) is 29.4 Å². The van der Waals surface area contributed by atoms with Crippen molar-refractivity contribution in [1.82, 2.24) is 9.88 Å². The van der Waals surface area contributed by atoms with Crippen LogP contribution in [-0.4, -0.2) is 41.8 Å². The topological polar surface area (TPSA) is 71.5 Å². The van der Waals surface area contributed by atoms with Crippen molar-refractivity contribution in [2.75, 3.05) is 25.2 Å².